The number of hydrogen-bond acceptors (Lipinski definition) is 4. The first-order valence-electron chi connectivity index (χ1n) is 10.8. The minimum absolute atomic E-state index is 0.0717. The highest BCUT2D eigenvalue weighted by atomic mass is 16.7. The maximum absolute atomic E-state index is 12.7. The first-order valence-corrected chi connectivity index (χ1v) is 10.8. The molecular formula is C24H33N3O3. The molecule has 2 aliphatic rings. The molecule has 0 saturated carbocycles. The fourth-order valence-corrected chi connectivity index (χ4v) is 3.83. The minimum Gasteiger partial charge on any atom is -0.354 e. The van der Waals surface area contributed by atoms with Crippen LogP contribution in [0.5, 0.6) is 0 Å². The van der Waals surface area contributed by atoms with Gasteiger partial charge in [-0.05, 0) is 50.2 Å². The van der Waals surface area contributed by atoms with Crippen molar-refractivity contribution in [2.45, 2.75) is 57.3 Å². The number of aliphatic imine (C=N–C) groups is 1. The van der Waals surface area contributed by atoms with Gasteiger partial charge in [0, 0.05) is 26.3 Å². The maximum atomic E-state index is 12.7. The smallest absolute Gasteiger partial charge is 0.220 e. The van der Waals surface area contributed by atoms with E-state index in [1.807, 2.05) is 18.2 Å². The lowest BCUT2D eigenvalue weighted by Gasteiger charge is -2.20. The number of ether oxygens (including phenoxy) is 2. The van der Waals surface area contributed by atoms with E-state index >= 15 is 0 Å². The molecule has 1 atom stereocenters. The summed E-state index contributed by atoms with van der Waals surface area (Å²) in [7, 11) is 3.20. The predicted octanol–water partition coefficient (Wildman–Crippen LogP) is 3.99. The normalized spacial score (nSPS) is 19.8. The third-order valence-electron chi connectivity index (χ3n) is 5.59. The second-order valence-corrected chi connectivity index (χ2v) is 7.71. The van der Waals surface area contributed by atoms with Gasteiger partial charge < -0.3 is 20.1 Å². The van der Waals surface area contributed by atoms with Crippen LogP contribution in [0.4, 0.5) is 5.69 Å². The number of carbonyl (C=O) groups excluding carboxylic acids is 1. The molecule has 2 N–H and O–H groups in total. The van der Waals surface area contributed by atoms with Gasteiger partial charge in [0.25, 0.3) is 0 Å². The number of amidine groups is 1. The number of methoxy groups -OCH3 is 2. The Morgan fingerprint density at radius 1 is 1.27 bits per heavy atom. The Labute approximate surface area is 179 Å². The van der Waals surface area contributed by atoms with Crippen LogP contribution in [-0.4, -0.2) is 44.8 Å². The topological polar surface area (TPSA) is 72.0 Å². The van der Waals surface area contributed by atoms with E-state index in [1.165, 1.54) is 11.1 Å². The summed E-state index contributed by atoms with van der Waals surface area (Å²) in [4.78, 5) is 17.4. The lowest BCUT2D eigenvalue weighted by molar-refractivity contribution is -0.121. The molecule has 0 aromatic heterocycles. The zero-order valence-electron chi connectivity index (χ0n) is 18.0. The first-order chi connectivity index (χ1) is 14.7. The van der Waals surface area contributed by atoms with Crippen molar-refractivity contribution in [1.29, 1.82) is 0 Å². The van der Waals surface area contributed by atoms with Crippen molar-refractivity contribution in [2.75, 3.05) is 26.1 Å². The molecule has 1 aliphatic heterocycles. The van der Waals surface area contributed by atoms with Gasteiger partial charge in [0.15, 0.2) is 6.29 Å². The monoisotopic (exact) mass is 411 g/mol. The van der Waals surface area contributed by atoms with Crippen LogP contribution in [0.15, 0.2) is 53.1 Å². The third-order valence-corrected chi connectivity index (χ3v) is 5.59. The second-order valence-electron chi connectivity index (χ2n) is 7.71. The van der Waals surface area contributed by atoms with Gasteiger partial charge in [0.05, 0.1) is 12.6 Å². The number of nitrogens with one attached hydrogen (secondary N) is 2. The molecular weight excluding hydrogens is 378 g/mol. The molecule has 162 valence electrons. The summed E-state index contributed by atoms with van der Waals surface area (Å²) in [5, 5.41) is 6.63. The molecule has 0 unspecified atom stereocenters. The van der Waals surface area contributed by atoms with E-state index in [1.54, 1.807) is 14.2 Å². The van der Waals surface area contributed by atoms with Gasteiger partial charge in [0.2, 0.25) is 5.91 Å². The number of aryl methyl sites for hydroxylation is 1. The Balaban J connectivity index is 1.62. The van der Waals surface area contributed by atoms with Crippen LogP contribution in [0.1, 0.15) is 44.1 Å². The largest absolute Gasteiger partial charge is 0.354 e. The Morgan fingerprint density at radius 2 is 2.10 bits per heavy atom. The maximum Gasteiger partial charge on any atom is 0.220 e. The molecule has 3 rings (SSSR count). The van der Waals surface area contributed by atoms with Crippen LogP contribution in [-0.2, 0) is 20.7 Å². The SMILES string of the molecule is COC(CN=C1Nc2ccccc2CC[C@H]1NC(=O)CCCC1=CC=CCC1)OC. The van der Waals surface area contributed by atoms with Crippen LogP contribution in [0.25, 0.3) is 0 Å². The summed E-state index contributed by atoms with van der Waals surface area (Å²) in [6, 6.07) is 8.05. The van der Waals surface area contributed by atoms with Crippen molar-refractivity contribution in [3.05, 3.63) is 53.6 Å². The number of anilines is 1. The van der Waals surface area contributed by atoms with Crippen LogP contribution in [0.3, 0.4) is 0 Å². The number of fused-ring (bicyclic) bond motifs is 1. The minimum atomic E-state index is -0.410. The summed E-state index contributed by atoms with van der Waals surface area (Å²) < 4.78 is 10.5. The third kappa shape index (κ3) is 6.54. The van der Waals surface area contributed by atoms with Crippen LogP contribution in [0, 0.1) is 0 Å². The van der Waals surface area contributed by atoms with E-state index in [0.717, 1.165) is 50.0 Å². The molecule has 1 heterocycles. The number of rotatable bonds is 9. The summed E-state index contributed by atoms with van der Waals surface area (Å²) in [5.41, 5.74) is 3.70. The van der Waals surface area contributed by atoms with E-state index in [0.29, 0.717) is 13.0 Å². The van der Waals surface area contributed by atoms with Crippen molar-refractivity contribution >= 4 is 17.4 Å². The van der Waals surface area contributed by atoms with Crippen molar-refractivity contribution in [3.8, 4) is 0 Å². The molecule has 0 spiro atoms. The van der Waals surface area contributed by atoms with Crippen molar-refractivity contribution in [2.24, 2.45) is 4.99 Å². The number of para-hydroxylation sites is 1. The summed E-state index contributed by atoms with van der Waals surface area (Å²) >= 11 is 0. The fraction of sp³-hybridized carbons (Fsp3) is 0.500. The molecule has 0 fully saturated rings. The molecule has 0 saturated heterocycles. The van der Waals surface area contributed by atoms with E-state index in [-0.39, 0.29) is 11.9 Å². The number of carbonyl (C=O) groups is 1. The summed E-state index contributed by atoms with van der Waals surface area (Å²) in [6.07, 6.45) is 12.3. The number of benzene rings is 1. The highest BCUT2D eigenvalue weighted by Crippen LogP contribution is 2.23. The Kier molecular flexibility index (Phi) is 8.66. The molecule has 6 heteroatoms. The van der Waals surface area contributed by atoms with Gasteiger partial charge in [-0.3, -0.25) is 9.79 Å². The quantitative estimate of drug-likeness (QED) is 0.603. The molecule has 1 aromatic rings. The highest BCUT2D eigenvalue weighted by molar-refractivity contribution is 6.02. The van der Waals surface area contributed by atoms with E-state index in [9.17, 15) is 4.79 Å². The fourth-order valence-electron chi connectivity index (χ4n) is 3.83. The lowest BCUT2D eigenvalue weighted by atomic mass is 9.99. The van der Waals surface area contributed by atoms with Gasteiger partial charge in [-0.1, -0.05) is 42.0 Å². The molecule has 0 bridgehead atoms. The van der Waals surface area contributed by atoms with E-state index in [4.69, 9.17) is 14.5 Å². The van der Waals surface area contributed by atoms with Crippen molar-refractivity contribution in [3.63, 3.8) is 0 Å². The molecule has 1 aromatic carbocycles. The molecule has 0 radical (unpaired) electrons. The number of amides is 1. The van der Waals surface area contributed by atoms with Crippen LogP contribution < -0.4 is 10.6 Å². The van der Waals surface area contributed by atoms with Crippen molar-refractivity contribution < 1.29 is 14.3 Å². The molecule has 30 heavy (non-hydrogen) atoms. The van der Waals surface area contributed by atoms with Crippen LogP contribution >= 0.6 is 0 Å². The zero-order valence-corrected chi connectivity index (χ0v) is 18.0. The number of nitrogens with zero attached hydrogens (tertiary/aromatic N) is 1. The molecule has 1 amide bonds. The Hall–Kier alpha value is -2.44. The van der Waals surface area contributed by atoms with Crippen molar-refractivity contribution in [1.82, 2.24) is 5.32 Å². The first kappa shape index (κ1) is 22.2. The van der Waals surface area contributed by atoms with E-state index in [2.05, 4.69) is 34.9 Å². The average molecular weight is 412 g/mol. The summed E-state index contributed by atoms with van der Waals surface area (Å²) in [6.45, 7) is 0.367. The second kappa shape index (κ2) is 11.7. The summed E-state index contributed by atoms with van der Waals surface area (Å²) in [5.74, 6) is 0.829. The average Bonchev–Trinajstić information content (AvgIpc) is 2.94. The van der Waals surface area contributed by atoms with E-state index < -0.39 is 6.29 Å². The van der Waals surface area contributed by atoms with Crippen LogP contribution in [0.2, 0.25) is 0 Å². The van der Waals surface area contributed by atoms with Gasteiger partial charge >= 0.3 is 0 Å². The number of allylic oxidation sites excluding steroid dienone is 4. The number of hydrogen-bond donors (Lipinski definition) is 2. The lowest BCUT2D eigenvalue weighted by Crippen LogP contribution is -2.43. The Morgan fingerprint density at radius 3 is 2.87 bits per heavy atom. The van der Waals surface area contributed by atoms with Gasteiger partial charge in [-0.15, -0.1) is 0 Å². The standard InChI is InChI=1S/C24H33N3O3/c1-29-23(30-2)17-25-24-21(16-15-19-12-6-7-13-20(19)27-24)26-22(28)14-8-11-18-9-4-3-5-10-18/h3-4,6-7,9,12-13,21,23H,5,8,10-11,14-17H2,1-2H3,(H,25,27)(H,26,28)/t21-/m1/s1. The molecule has 1 aliphatic carbocycles. The molecule has 6 nitrogen and oxygen atoms in total. The van der Waals surface area contributed by atoms with Gasteiger partial charge in [-0.2, -0.15) is 0 Å². The highest BCUT2D eigenvalue weighted by Gasteiger charge is 2.23. The Bertz CT molecular complexity index is 797. The van der Waals surface area contributed by atoms with Gasteiger partial charge in [-0.25, -0.2) is 0 Å². The zero-order chi connectivity index (χ0) is 21.2. The van der Waals surface area contributed by atoms with Gasteiger partial charge in [0.1, 0.15) is 5.84 Å². The predicted molar refractivity (Wildman–Crippen MR) is 121 cm³/mol.